The molecule has 0 aliphatic carbocycles. The molecule has 4 aromatic rings. The van der Waals surface area contributed by atoms with Gasteiger partial charge in [0.05, 0.1) is 16.8 Å². The number of anilines is 2. The van der Waals surface area contributed by atoms with Crippen LogP contribution < -0.4 is 25.5 Å². The molecule has 9 heteroatoms. The molecular formula is C28H22N4O4S. The zero-order valence-electron chi connectivity index (χ0n) is 20.3. The van der Waals surface area contributed by atoms with Crippen LogP contribution in [0.4, 0.5) is 11.4 Å². The van der Waals surface area contributed by atoms with Gasteiger partial charge in [-0.1, -0.05) is 47.7 Å². The second kappa shape index (κ2) is 8.56. The molecule has 0 fully saturated rings. The fourth-order valence-electron chi connectivity index (χ4n) is 4.78. The zero-order chi connectivity index (χ0) is 25.8. The summed E-state index contributed by atoms with van der Waals surface area (Å²) in [6, 6.07) is 17.4. The smallest absolute Gasteiger partial charge is 0.272 e. The van der Waals surface area contributed by atoms with E-state index in [1.54, 1.807) is 38.1 Å². The van der Waals surface area contributed by atoms with Crippen molar-refractivity contribution in [2.75, 3.05) is 10.6 Å². The molecule has 4 heterocycles. The van der Waals surface area contributed by atoms with Crippen LogP contribution >= 0.6 is 11.3 Å². The first kappa shape index (κ1) is 22.9. The number of hydrogen-bond acceptors (Lipinski definition) is 6. The average Bonchev–Trinajstić information content (AvgIpc) is 3.54. The van der Waals surface area contributed by atoms with Crippen LogP contribution in [0.1, 0.15) is 35.6 Å². The van der Waals surface area contributed by atoms with E-state index < -0.39 is 11.6 Å². The number of nitrogens with zero attached hydrogens (tertiary/aromatic N) is 2. The molecule has 8 nitrogen and oxygen atoms in total. The van der Waals surface area contributed by atoms with Crippen LogP contribution in [0.15, 0.2) is 86.1 Å². The van der Waals surface area contributed by atoms with Crippen molar-refractivity contribution in [1.82, 2.24) is 4.57 Å². The van der Waals surface area contributed by atoms with E-state index in [0.29, 0.717) is 50.1 Å². The van der Waals surface area contributed by atoms with Crippen molar-refractivity contribution in [2.24, 2.45) is 4.99 Å². The Bertz CT molecular complexity index is 1840. The summed E-state index contributed by atoms with van der Waals surface area (Å²) in [6.45, 7) is 5.46. The number of rotatable bonds is 3. The van der Waals surface area contributed by atoms with E-state index in [2.05, 4.69) is 15.6 Å². The highest BCUT2D eigenvalue weighted by Gasteiger charge is 2.36. The van der Waals surface area contributed by atoms with Crippen molar-refractivity contribution in [3.05, 3.63) is 114 Å². The lowest BCUT2D eigenvalue weighted by Crippen LogP contribution is -2.41. The maximum Gasteiger partial charge on any atom is 0.272 e. The molecule has 2 aliphatic rings. The van der Waals surface area contributed by atoms with E-state index in [1.165, 1.54) is 4.57 Å². The Morgan fingerprint density at radius 3 is 2.54 bits per heavy atom. The van der Waals surface area contributed by atoms with Crippen LogP contribution in [0.2, 0.25) is 0 Å². The van der Waals surface area contributed by atoms with Crippen molar-refractivity contribution in [2.45, 2.75) is 26.8 Å². The average molecular weight is 511 g/mol. The summed E-state index contributed by atoms with van der Waals surface area (Å²) in [5, 5.41) is 5.80. The number of carbonyl (C=O) groups is 2. The minimum Gasteiger partial charge on any atom is -0.464 e. The second-order valence-electron chi connectivity index (χ2n) is 8.99. The first-order chi connectivity index (χ1) is 17.8. The highest BCUT2D eigenvalue weighted by Crippen LogP contribution is 2.33. The SMILES string of the molecule is CC1=C(C(=O)Nc2ccccc2C)C(c2ccc(C)o2)n2c(sc(=C3C(=O)Nc4ccccc43)c2=O)=N1. The summed E-state index contributed by atoms with van der Waals surface area (Å²) in [6.07, 6.45) is 0. The molecule has 184 valence electrons. The van der Waals surface area contributed by atoms with Gasteiger partial charge in [0.15, 0.2) is 4.80 Å². The topological polar surface area (TPSA) is 106 Å². The number of para-hydroxylation sites is 2. The van der Waals surface area contributed by atoms with Gasteiger partial charge in [0.1, 0.15) is 22.1 Å². The maximum atomic E-state index is 14.0. The molecule has 0 saturated carbocycles. The predicted molar refractivity (Wildman–Crippen MR) is 141 cm³/mol. The first-order valence-corrected chi connectivity index (χ1v) is 12.5. The minimum atomic E-state index is -0.844. The van der Waals surface area contributed by atoms with E-state index in [0.717, 1.165) is 16.9 Å². The van der Waals surface area contributed by atoms with Gasteiger partial charge in [-0.25, -0.2) is 4.99 Å². The molecule has 2 aromatic carbocycles. The van der Waals surface area contributed by atoms with E-state index in [1.807, 2.05) is 43.3 Å². The molecule has 0 radical (unpaired) electrons. The van der Waals surface area contributed by atoms with E-state index in [-0.39, 0.29) is 16.3 Å². The lowest BCUT2D eigenvalue weighted by Gasteiger charge is -2.23. The third-order valence-electron chi connectivity index (χ3n) is 6.56. The third kappa shape index (κ3) is 3.66. The van der Waals surface area contributed by atoms with Crippen molar-refractivity contribution in [3.8, 4) is 0 Å². The molecule has 1 unspecified atom stereocenters. The monoisotopic (exact) mass is 510 g/mol. The van der Waals surface area contributed by atoms with Crippen molar-refractivity contribution < 1.29 is 14.0 Å². The molecule has 2 aromatic heterocycles. The quantitative estimate of drug-likeness (QED) is 0.441. The number of hydrogen-bond donors (Lipinski definition) is 2. The van der Waals surface area contributed by atoms with Crippen LogP contribution in [-0.4, -0.2) is 16.4 Å². The molecule has 37 heavy (non-hydrogen) atoms. The highest BCUT2D eigenvalue weighted by molar-refractivity contribution is 7.07. The number of benzene rings is 2. The molecule has 1 atom stereocenters. The number of carbonyl (C=O) groups excluding carboxylic acids is 2. The van der Waals surface area contributed by atoms with Crippen LogP contribution in [0, 0.1) is 13.8 Å². The Labute approximate surface area is 215 Å². The number of fused-ring (bicyclic) bond motifs is 2. The van der Waals surface area contributed by atoms with Gasteiger partial charge in [0.25, 0.3) is 17.4 Å². The molecule has 0 bridgehead atoms. The maximum absolute atomic E-state index is 14.0. The van der Waals surface area contributed by atoms with Crippen molar-refractivity contribution in [3.63, 3.8) is 0 Å². The van der Waals surface area contributed by atoms with Gasteiger partial charge in [0.2, 0.25) is 0 Å². The van der Waals surface area contributed by atoms with Gasteiger partial charge >= 0.3 is 0 Å². The third-order valence-corrected chi connectivity index (χ3v) is 7.62. The molecule has 0 spiro atoms. The van der Waals surface area contributed by atoms with Crippen LogP contribution in [-0.2, 0) is 9.59 Å². The Kier molecular flexibility index (Phi) is 5.31. The van der Waals surface area contributed by atoms with E-state index in [9.17, 15) is 14.4 Å². The van der Waals surface area contributed by atoms with E-state index in [4.69, 9.17) is 4.42 Å². The summed E-state index contributed by atoms with van der Waals surface area (Å²) in [4.78, 5) is 45.6. The normalized spacial score (nSPS) is 17.7. The Morgan fingerprint density at radius 2 is 1.78 bits per heavy atom. The molecule has 6 rings (SSSR count). The van der Waals surface area contributed by atoms with Gasteiger partial charge in [0, 0.05) is 16.9 Å². The van der Waals surface area contributed by atoms with Gasteiger partial charge < -0.3 is 15.1 Å². The van der Waals surface area contributed by atoms with Gasteiger partial charge in [-0.05, 0) is 50.6 Å². The number of aryl methyl sites for hydroxylation is 2. The van der Waals surface area contributed by atoms with E-state index >= 15 is 0 Å². The fraction of sp³-hybridized carbons (Fsp3) is 0.143. The van der Waals surface area contributed by atoms with Gasteiger partial charge in [-0.3, -0.25) is 19.0 Å². The van der Waals surface area contributed by atoms with Crippen LogP contribution in [0.5, 0.6) is 0 Å². The van der Waals surface area contributed by atoms with Crippen molar-refractivity contribution >= 4 is 40.1 Å². The first-order valence-electron chi connectivity index (χ1n) is 11.7. The summed E-state index contributed by atoms with van der Waals surface area (Å²) in [5.74, 6) is 0.370. The molecule has 2 amide bonds. The lowest BCUT2D eigenvalue weighted by atomic mass is 10.00. The summed E-state index contributed by atoms with van der Waals surface area (Å²) < 4.78 is 7.68. The van der Waals surface area contributed by atoms with Crippen molar-refractivity contribution in [1.29, 1.82) is 0 Å². The number of aromatic nitrogens is 1. The number of amides is 2. The predicted octanol–water partition coefficient (Wildman–Crippen LogP) is 3.41. The number of thiazole rings is 1. The van der Waals surface area contributed by atoms with Crippen LogP contribution in [0.25, 0.3) is 5.57 Å². The summed E-state index contributed by atoms with van der Waals surface area (Å²) in [5.41, 5.74) is 3.57. The number of allylic oxidation sites excluding steroid dienone is 1. The molecule has 2 N–H and O–H groups in total. The summed E-state index contributed by atoms with van der Waals surface area (Å²) in [7, 11) is 0. The Morgan fingerprint density at radius 1 is 1.03 bits per heavy atom. The fourth-order valence-corrected chi connectivity index (χ4v) is 5.92. The number of furan rings is 1. The Balaban J connectivity index is 1.57. The summed E-state index contributed by atoms with van der Waals surface area (Å²) >= 11 is 1.13. The minimum absolute atomic E-state index is 0.267. The molecular weight excluding hydrogens is 488 g/mol. The second-order valence-corrected chi connectivity index (χ2v) is 9.97. The highest BCUT2D eigenvalue weighted by atomic mass is 32.1. The number of nitrogens with one attached hydrogen (secondary N) is 2. The Hall–Kier alpha value is -4.50. The van der Waals surface area contributed by atoms with Gasteiger partial charge in [-0.15, -0.1) is 0 Å². The largest absolute Gasteiger partial charge is 0.464 e. The van der Waals surface area contributed by atoms with Gasteiger partial charge in [-0.2, -0.15) is 0 Å². The molecule has 0 saturated heterocycles. The standard InChI is InChI=1S/C28H22N4O4S/c1-14-8-4-6-10-18(14)30-25(33)21-16(3)29-28-32(23(21)20-13-12-15(2)36-20)27(35)24(37-28)22-17-9-5-7-11-19(17)31-26(22)34/h4-13,23H,1-3H3,(H,30,33)(H,31,34). The van der Waals surface area contributed by atoms with Crippen LogP contribution in [0.3, 0.4) is 0 Å². The molecule has 2 aliphatic heterocycles. The lowest BCUT2D eigenvalue weighted by molar-refractivity contribution is -0.113. The zero-order valence-corrected chi connectivity index (χ0v) is 21.1.